The Balaban J connectivity index is 1.24. The molecule has 5 aromatic rings. The minimum absolute atomic E-state index is 0.00382. The first-order valence-corrected chi connectivity index (χ1v) is 16.9. The van der Waals surface area contributed by atoms with Gasteiger partial charge in [0.05, 0.1) is 29.7 Å². The number of amides is 2. The molecule has 0 saturated carbocycles. The second-order valence-corrected chi connectivity index (χ2v) is 13.4. The van der Waals surface area contributed by atoms with E-state index in [-0.39, 0.29) is 29.9 Å². The number of aromatic nitrogens is 4. The summed E-state index contributed by atoms with van der Waals surface area (Å²) in [6, 6.07) is 18.3. The summed E-state index contributed by atoms with van der Waals surface area (Å²) in [5.41, 5.74) is 12.8. The molecule has 10 nitrogen and oxygen atoms in total. The number of benzene rings is 2. The highest BCUT2D eigenvalue weighted by atomic mass is 16.5. The van der Waals surface area contributed by atoms with E-state index in [1.54, 1.807) is 7.11 Å². The Morgan fingerprint density at radius 1 is 1.00 bits per heavy atom. The topological polar surface area (TPSA) is 120 Å². The molecule has 0 unspecified atom stereocenters. The van der Waals surface area contributed by atoms with Gasteiger partial charge < -0.3 is 29.8 Å². The van der Waals surface area contributed by atoms with Crippen LogP contribution in [-0.4, -0.2) is 61.1 Å². The molecule has 3 atom stereocenters. The number of nitrogens with two attached hydrogens (primary N) is 1. The van der Waals surface area contributed by atoms with Gasteiger partial charge in [0.15, 0.2) is 5.82 Å². The Hall–Kier alpha value is -4.70. The summed E-state index contributed by atoms with van der Waals surface area (Å²) >= 11 is 0. The number of hydrogen-bond donors (Lipinski definition) is 2. The van der Waals surface area contributed by atoms with Crippen LogP contribution in [0.4, 0.5) is 5.69 Å². The van der Waals surface area contributed by atoms with Gasteiger partial charge in [0.2, 0.25) is 5.91 Å². The fraction of sp³-hybridized carbons (Fsp3) is 0.405. The fourth-order valence-corrected chi connectivity index (χ4v) is 8.12. The van der Waals surface area contributed by atoms with Gasteiger partial charge in [0.25, 0.3) is 5.91 Å². The number of carbonyl (C=O) groups is 2. The fourth-order valence-electron chi connectivity index (χ4n) is 8.12. The molecule has 6 heterocycles. The van der Waals surface area contributed by atoms with Crippen molar-refractivity contribution in [3.05, 3.63) is 60.2 Å². The molecule has 3 N–H and O–H groups in total. The van der Waals surface area contributed by atoms with Crippen molar-refractivity contribution in [3.8, 4) is 28.5 Å². The Labute approximate surface area is 273 Å². The van der Waals surface area contributed by atoms with E-state index in [1.807, 2.05) is 54.4 Å². The predicted molar refractivity (Wildman–Crippen MR) is 183 cm³/mol. The number of ether oxygens (including phenoxy) is 1. The molecule has 242 valence electrons. The van der Waals surface area contributed by atoms with Crippen molar-refractivity contribution in [3.63, 3.8) is 0 Å². The molecule has 2 aromatic carbocycles. The molecule has 8 rings (SSSR count). The normalized spacial score (nSPS) is 21.6. The zero-order chi connectivity index (χ0) is 32.2. The summed E-state index contributed by atoms with van der Waals surface area (Å²) in [6.45, 7) is 0.788. The van der Waals surface area contributed by atoms with Crippen molar-refractivity contribution in [2.45, 2.75) is 82.5 Å². The number of rotatable bonds is 3. The molecule has 0 radical (unpaired) electrons. The third-order valence-electron chi connectivity index (χ3n) is 10.5. The highest BCUT2D eigenvalue weighted by Crippen LogP contribution is 2.40. The molecule has 10 heteroatoms. The standard InChI is InChI=1S/C37H41N7O3/c1-42-34-29(18-23(20-32(34)47-2)37(46)44-24-14-16-30(44)26(38)21-24)41-36(42)31-19-22-13-15-28-25-10-7-8-11-27(25)39-33(45)12-6-4-3-5-9-17-43(31)35(22)40-28/h7-8,10-11,13,15,18-20,24,26,30H,3-6,9,12,14,16-17,21,38H2,1-2H3,(H,39,45)/t24-,26+,30+/m0/s1. The number of hydrogen-bond acceptors (Lipinski definition) is 6. The van der Waals surface area contributed by atoms with Crippen LogP contribution in [0, 0.1) is 0 Å². The van der Waals surface area contributed by atoms with Gasteiger partial charge in [0, 0.05) is 54.7 Å². The number of pyridine rings is 1. The third kappa shape index (κ3) is 5.06. The minimum Gasteiger partial charge on any atom is -0.494 e. The lowest BCUT2D eigenvalue weighted by atomic mass is 9.97. The minimum atomic E-state index is 0.00382. The Bertz CT molecular complexity index is 2030. The van der Waals surface area contributed by atoms with Gasteiger partial charge in [0.1, 0.15) is 16.9 Å². The molecule has 3 aliphatic heterocycles. The van der Waals surface area contributed by atoms with Gasteiger partial charge in [-0.3, -0.25) is 9.59 Å². The van der Waals surface area contributed by atoms with Gasteiger partial charge in [-0.25, -0.2) is 9.97 Å². The molecule has 3 aromatic heterocycles. The maximum absolute atomic E-state index is 13.9. The Morgan fingerprint density at radius 3 is 2.64 bits per heavy atom. The van der Waals surface area contributed by atoms with Crippen LogP contribution in [-0.2, 0) is 18.4 Å². The summed E-state index contributed by atoms with van der Waals surface area (Å²) < 4.78 is 10.2. The average molecular weight is 632 g/mol. The maximum Gasteiger partial charge on any atom is 0.254 e. The molecular weight excluding hydrogens is 590 g/mol. The molecule has 3 aliphatic rings. The van der Waals surface area contributed by atoms with E-state index in [0.717, 1.165) is 108 Å². The van der Waals surface area contributed by atoms with Crippen LogP contribution < -0.4 is 15.8 Å². The van der Waals surface area contributed by atoms with E-state index in [4.69, 9.17) is 20.4 Å². The zero-order valence-corrected chi connectivity index (χ0v) is 27.0. The van der Waals surface area contributed by atoms with Gasteiger partial charge in [-0.15, -0.1) is 0 Å². The van der Waals surface area contributed by atoms with Gasteiger partial charge in [-0.1, -0.05) is 37.5 Å². The molecule has 2 saturated heterocycles. The molecule has 47 heavy (non-hydrogen) atoms. The lowest BCUT2D eigenvalue weighted by molar-refractivity contribution is -0.116. The number of fused-ring (bicyclic) bond motifs is 6. The van der Waals surface area contributed by atoms with E-state index < -0.39 is 0 Å². The van der Waals surface area contributed by atoms with E-state index in [0.29, 0.717) is 17.7 Å². The Morgan fingerprint density at radius 2 is 1.83 bits per heavy atom. The number of para-hydroxylation sites is 1. The van der Waals surface area contributed by atoms with Crippen molar-refractivity contribution in [2.75, 3.05) is 12.4 Å². The highest BCUT2D eigenvalue weighted by molar-refractivity contribution is 6.01. The van der Waals surface area contributed by atoms with Gasteiger partial charge >= 0.3 is 0 Å². The number of methoxy groups -OCH3 is 1. The Kier molecular flexibility index (Phi) is 7.47. The molecule has 0 aliphatic carbocycles. The van der Waals surface area contributed by atoms with Crippen molar-refractivity contribution in [1.29, 1.82) is 0 Å². The second-order valence-electron chi connectivity index (χ2n) is 13.4. The summed E-state index contributed by atoms with van der Waals surface area (Å²) in [5, 5.41) is 4.14. The lowest BCUT2D eigenvalue weighted by Crippen LogP contribution is -2.40. The molecule has 0 spiro atoms. The van der Waals surface area contributed by atoms with Crippen LogP contribution in [0.1, 0.15) is 68.1 Å². The highest BCUT2D eigenvalue weighted by Gasteiger charge is 2.47. The van der Waals surface area contributed by atoms with Crippen LogP contribution in [0.5, 0.6) is 5.75 Å². The summed E-state index contributed by atoms with van der Waals surface area (Å²) in [4.78, 5) is 39.0. The average Bonchev–Trinajstić information content (AvgIpc) is 3.83. The first kappa shape index (κ1) is 29.7. The van der Waals surface area contributed by atoms with Crippen LogP contribution in [0.3, 0.4) is 0 Å². The van der Waals surface area contributed by atoms with Crippen LogP contribution in [0.15, 0.2) is 54.6 Å². The second kappa shape index (κ2) is 11.8. The number of nitrogens with zero attached hydrogens (tertiary/aromatic N) is 5. The molecule has 2 fully saturated rings. The van der Waals surface area contributed by atoms with E-state index >= 15 is 0 Å². The van der Waals surface area contributed by atoms with E-state index in [9.17, 15) is 9.59 Å². The van der Waals surface area contributed by atoms with Crippen molar-refractivity contribution < 1.29 is 14.3 Å². The quantitative estimate of drug-likeness (QED) is 0.243. The van der Waals surface area contributed by atoms with Crippen molar-refractivity contribution in [1.82, 2.24) is 24.0 Å². The number of carbonyl (C=O) groups excluding carboxylic acids is 2. The van der Waals surface area contributed by atoms with Gasteiger partial charge in [-0.05, 0) is 68.5 Å². The SMILES string of the molecule is COc1cc(C(=O)N2[C@H]3CC[C@@H]2[C@H](N)C3)cc2nc(-c3cc4ccc5nc4n3CCCCCCCC(=O)Nc3ccccc3-5)n(C)c12. The van der Waals surface area contributed by atoms with Crippen LogP contribution in [0.25, 0.3) is 44.8 Å². The van der Waals surface area contributed by atoms with E-state index in [1.165, 1.54) is 0 Å². The number of nitrogens with one attached hydrogen (secondary N) is 1. The summed E-state index contributed by atoms with van der Waals surface area (Å²) in [6.07, 6.45) is 8.36. The number of imidazole rings is 1. The first-order valence-electron chi connectivity index (χ1n) is 16.9. The zero-order valence-electron chi connectivity index (χ0n) is 27.0. The molecular formula is C37H41N7O3. The van der Waals surface area contributed by atoms with Crippen molar-refractivity contribution >= 4 is 39.6 Å². The van der Waals surface area contributed by atoms with Crippen LogP contribution >= 0.6 is 0 Å². The van der Waals surface area contributed by atoms with E-state index in [2.05, 4.69) is 26.6 Å². The number of anilines is 1. The third-order valence-corrected chi connectivity index (χ3v) is 10.5. The summed E-state index contributed by atoms with van der Waals surface area (Å²) in [7, 11) is 3.65. The van der Waals surface area contributed by atoms with Gasteiger partial charge in [-0.2, -0.15) is 0 Å². The van der Waals surface area contributed by atoms with Crippen LogP contribution in [0.2, 0.25) is 0 Å². The molecule has 2 amide bonds. The maximum atomic E-state index is 13.9. The predicted octanol–water partition coefficient (Wildman–Crippen LogP) is 6.26. The first-order chi connectivity index (χ1) is 22.9. The molecule has 4 bridgehead atoms. The largest absolute Gasteiger partial charge is 0.494 e. The summed E-state index contributed by atoms with van der Waals surface area (Å²) in [5.74, 6) is 1.45. The number of aryl methyl sites for hydroxylation is 2. The lowest BCUT2D eigenvalue weighted by Gasteiger charge is -2.23. The smallest absolute Gasteiger partial charge is 0.254 e. The van der Waals surface area contributed by atoms with Crippen molar-refractivity contribution in [2.24, 2.45) is 12.8 Å². The monoisotopic (exact) mass is 631 g/mol.